The molecule has 1 aromatic carbocycles. The van der Waals surface area contributed by atoms with Crippen molar-refractivity contribution in [2.24, 2.45) is 0 Å². The summed E-state index contributed by atoms with van der Waals surface area (Å²) in [4.78, 5) is 11.9. The number of benzene rings is 1. The van der Waals surface area contributed by atoms with E-state index < -0.39 is 5.60 Å². The van der Waals surface area contributed by atoms with Crippen molar-refractivity contribution in [1.29, 1.82) is 5.53 Å². The Labute approximate surface area is 164 Å². The quantitative estimate of drug-likeness (QED) is 0.518. The van der Waals surface area contributed by atoms with Gasteiger partial charge >= 0.3 is 6.09 Å². The van der Waals surface area contributed by atoms with Gasteiger partial charge in [0.05, 0.1) is 5.92 Å². The van der Waals surface area contributed by atoms with Crippen LogP contribution in [0.25, 0.3) is 0 Å². The van der Waals surface area contributed by atoms with Crippen LogP contribution in [0.4, 0.5) is 4.79 Å². The molecule has 1 aromatic rings. The molecule has 0 spiro atoms. The number of ether oxygens (including phenoxy) is 1. The number of amides is 1. The largest absolute Gasteiger partial charge is 0.444 e. The van der Waals surface area contributed by atoms with E-state index in [2.05, 4.69) is 45.5 Å². The number of hydrogen-bond acceptors (Lipinski definition) is 3. The SMILES string of the molecule is CC(C)(C)OC(=O)NC1CCC([N+](=N)C2CC2c2ccc(Br)cc2)CC1. The Hall–Kier alpha value is -1.43. The van der Waals surface area contributed by atoms with Crippen LogP contribution in [0, 0.1) is 5.53 Å². The molecule has 0 aromatic heterocycles. The van der Waals surface area contributed by atoms with Crippen molar-refractivity contribution >= 4 is 22.0 Å². The van der Waals surface area contributed by atoms with Gasteiger partial charge in [-0.2, -0.15) is 0 Å². The fourth-order valence-corrected chi connectivity index (χ4v) is 4.06. The standard InChI is InChI=1S/C20H28BrN3O2/c1-20(2,3)26-19(25)23-15-8-10-16(11-9-15)24(22)18-12-17(18)13-4-6-14(21)7-5-13/h4-7,15-18,22H,8-12H2,1-3H3/p+1. The van der Waals surface area contributed by atoms with Gasteiger partial charge in [0.15, 0.2) is 12.1 Å². The van der Waals surface area contributed by atoms with Crippen molar-refractivity contribution in [2.45, 2.75) is 82.5 Å². The summed E-state index contributed by atoms with van der Waals surface area (Å²) < 4.78 is 8.26. The molecule has 2 saturated carbocycles. The van der Waals surface area contributed by atoms with E-state index in [1.807, 2.05) is 25.5 Å². The van der Waals surface area contributed by atoms with Crippen LogP contribution in [-0.4, -0.2) is 34.5 Å². The van der Waals surface area contributed by atoms with Crippen molar-refractivity contribution in [3.05, 3.63) is 34.3 Å². The monoisotopic (exact) mass is 422 g/mol. The van der Waals surface area contributed by atoms with Gasteiger partial charge in [-0.3, -0.25) is 0 Å². The maximum absolute atomic E-state index is 11.9. The molecule has 2 unspecified atom stereocenters. The van der Waals surface area contributed by atoms with Crippen molar-refractivity contribution in [3.63, 3.8) is 0 Å². The zero-order valence-electron chi connectivity index (χ0n) is 15.8. The van der Waals surface area contributed by atoms with E-state index in [0.717, 1.165) is 36.6 Å². The molecule has 2 fully saturated rings. The zero-order valence-corrected chi connectivity index (χ0v) is 17.4. The van der Waals surface area contributed by atoms with Crippen LogP contribution < -0.4 is 5.32 Å². The van der Waals surface area contributed by atoms with Crippen LogP contribution in [0.2, 0.25) is 0 Å². The molecular formula is C20H29BrN3O2+. The third-order valence-corrected chi connectivity index (χ3v) is 5.75. The van der Waals surface area contributed by atoms with E-state index in [0.29, 0.717) is 12.0 Å². The fraction of sp³-hybridized carbons (Fsp3) is 0.650. The van der Waals surface area contributed by atoms with Gasteiger partial charge in [-0.15, -0.1) is 4.70 Å². The Bertz CT molecular complexity index is 661. The van der Waals surface area contributed by atoms with Crippen molar-refractivity contribution in [2.75, 3.05) is 0 Å². The maximum Gasteiger partial charge on any atom is 0.407 e. The number of carbonyl (C=O) groups excluding carboxylic acids is 1. The number of hydrogen-bond donors (Lipinski definition) is 2. The Balaban J connectivity index is 1.44. The lowest BCUT2D eigenvalue weighted by Crippen LogP contribution is -2.43. The highest BCUT2D eigenvalue weighted by atomic mass is 79.9. The van der Waals surface area contributed by atoms with E-state index in [9.17, 15) is 4.79 Å². The molecule has 0 radical (unpaired) electrons. The number of alkyl carbamates (subject to hydrolysis) is 1. The molecule has 2 aliphatic rings. The minimum absolute atomic E-state index is 0.163. The lowest BCUT2D eigenvalue weighted by molar-refractivity contribution is -0.664. The first-order chi connectivity index (χ1) is 12.2. The average molecular weight is 423 g/mol. The van der Waals surface area contributed by atoms with Gasteiger partial charge in [0.1, 0.15) is 5.60 Å². The van der Waals surface area contributed by atoms with Crippen molar-refractivity contribution in [3.8, 4) is 0 Å². The molecule has 0 aliphatic heterocycles. The number of rotatable bonds is 4. The van der Waals surface area contributed by atoms with Crippen LogP contribution in [0.15, 0.2) is 28.7 Å². The molecule has 3 rings (SSSR count). The molecule has 6 heteroatoms. The molecule has 2 aliphatic carbocycles. The summed E-state index contributed by atoms with van der Waals surface area (Å²) in [7, 11) is 0. The Morgan fingerprint density at radius 2 is 1.81 bits per heavy atom. The third-order valence-electron chi connectivity index (χ3n) is 5.22. The molecule has 0 saturated heterocycles. The second-order valence-corrected chi connectivity index (χ2v) is 9.44. The van der Waals surface area contributed by atoms with E-state index in [-0.39, 0.29) is 18.2 Å². The summed E-state index contributed by atoms with van der Waals surface area (Å²) in [6.07, 6.45) is 4.47. The molecular weight excluding hydrogens is 394 g/mol. The highest BCUT2D eigenvalue weighted by molar-refractivity contribution is 9.10. The second kappa shape index (κ2) is 7.67. The normalized spacial score (nSPS) is 28.3. The summed E-state index contributed by atoms with van der Waals surface area (Å²) in [6, 6.07) is 9.25. The molecule has 26 heavy (non-hydrogen) atoms. The zero-order chi connectivity index (χ0) is 18.9. The van der Waals surface area contributed by atoms with E-state index in [1.54, 1.807) is 0 Å². The molecule has 142 valence electrons. The Morgan fingerprint density at radius 3 is 2.38 bits per heavy atom. The van der Waals surface area contributed by atoms with Gasteiger partial charge in [0.25, 0.3) is 0 Å². The van der Waals surface area contributed by atoms with Crippen molar-refractivity contribution < 1.29 is 14.2 Å². The number of nitrogens with zero attached hydrogens (tertiary/aromatic N) is 1. The minimum Gasteiger partial charge on any atom is -0.444 e. The first-order valence-corrected chi connectivity index (χ1v) is 10.3. The van der Waals surface area contributed by atoms with Crippen LogP contribution in [-0.2, 0) is 4.74 Å². The lowest BCUT2D eigenvalue weighted by atomic mass is 9.91. The first kappa shape index (κ1) is 19.3. The van der Waals surface area contributed by atoms with Gasteiger partial charge in [0, 0.05) is 29.8 Å². The van der Waals surface area contributed by atoms with Gasteiger partial charge in [-0.25, -0.2) is 4.79 Å². The predicted octanol–water partition coefficient (Wildman–Crippen LogP) is 5.18. The number of carbonyl (C=O) groups is 1. The van der Waals surface area contributed by atoms with E-state index in [4.69, 9.17) is 10.3 Å². The predicted molar refractivity (Wildman–Crippen MR) is 104 cm³/mol. The lowest BCUT2D eigenvalue weighted by Gasteiger charge is -2.27. The summed E-state index contributed by atoms with van der Waals surface area (Å²) in [5, 5.41) is 2.97. The average Bonchev–Trinajstić information content (AvgIpc) is 3.34. The fourth-order valence-electron chi connectivity index (χ4n) is 3.80. The summed E-state index contributed by atoms with van der Waals surface area (Å²) in [6.45, 7) is 5.62. The van der Waals surface area contributed by atoms with Gasteiger partial charge in [-0.1, -0.05) is 33.6 Å². The Morgan fingerprint density at radius 1 is 1.19 bits per heavy atom. The topological polar surface area (TPSA) is 65.2 Å². The van der Waals surface area contributed by atoms with E-state index in [1.165, 1.54) is 5.56 Å². The molecule has 0 heterocycles. The van der Waals surface area contributed by atoms with Crippen molar-refractivity contribution in [1.82, 2.24) is 5.32 Å². The maximum atomic E-state index is 11.9. The van der Waals surface area contributed by atoms with Gasteiger partial charge in [0.2, 0.25) is 0 Å². The smallest absolute Gasteiger partial charge is 0.407 e. The first-order valence-electron chi connectivity index (χ1n) is 9.47. The number of nitrogens with one attached hydrogen (secondary N) is 2. The van der Waals surface area contributed by atoms with Gasteiger partial charge in [-0.05, 0) is 51.3 Å². The van der Waals surface area contributed by atoms with Crippen LogP contribution in [0.5, 0.6) is 0 Å². The Kier molecular flexibility index (Phi) is 5.70. The molecule has 2 atom stereocenters. The second-order valence-electron chi connectivity index (χ2n) is 8.52. The summed E-state index contributed by atoms with van der Waals surface area (Å²) in [5.74, 6) is 0.484. The number of halogens is 1. The summed E-state index contributed by atoms with van der Waals surface area (Å²) in [5.41, 5.74) is 9.41. The third kappa shape index (κ3) is 5.06. The minimum atomic E-state index is -0.465. The summed E-state index contributed by atoms with van der Waals surface area (Å²) >= 11 is 3.47. The highest BCUT2D eigenvalue weighted by Gasteiger charge is 2.51. The van der Waals surface area contributed by atoms with Crippen LogP contribution in [0.3, 0.4) is 0 Å². The molecule has 1 amide bonds. The van der Waals surface area contributed by atoms with Crippen LogP contribution >= 0.6 is 15.9 Å². The highest BCUT2D eigenvalue weighted by Crippen LogP contribution is 2.44. The van der Waals surface area contributed by atoms with Crippen LogP contribution in [0.1, 0.15) is 64.4 Å². The van der Waals surface area contributed by atoms with Gasteiger partial charge < -0.3 is 10.1 Å². The van der Waals surface area contributed by atoms with E-state index >= 15 is 0 Å². The molecule has 0 bridgehead atoms. The molecule has 5 nitrogen and oxygen atoms in total. The molecule has 2 N–H and O–H groups in total.